The molecule has 0 aliphatic heterocycles. The van der Waals surface area contributed by atoms with E-state index in [2.05, 4.69) is 5.10 Å². The molecule has 4 heteroatoms. The first-order chi connectivity index (χ1) is 5.59. The molecule has 66 valence electrons. The molecule has 1 aromatic heterocycles. The Bertz CT molecular complexity index is 278. The van der Waals surface area contributed by atoms with Crippen molar-refractivity contribution in [2.24, 2.45) is 0 Å². The zero-order valence-corrected chi connectivity index (χ0v) is 7.44. The zero-order chi connectivity index (χ0) is 9.14. The molecular formula is C8H12N2O2. The molecule has 0 amide bonds. The molecule has 0 unspecified atom stereocenters. The molecule has 0 aliphatic rings. The maximum Gasteiger partial charge on any atom is 0.434 e. The summed E-state index contributed by atoms with van der Waals surface area (Å²) in [6.07, 6.45) is 1.04. The predicted molar refractivity (Wildman–Crippen MR) is 44.0 cm³/mol. The van der Waals surface area contributed by atoms with E-state index in [0.29, 0.717) is 0 Å². The number of hydrogen-bond donors (Lipinski definition) is 0. The Morgan fingerprint density at radius 2 is 2.33 bits per heavy atom. The Morgan fingerprint density at radius 1 is 1.67 bits per heavy atom. The van der Waals surface area contributed by atoms with Gasteiger partial charge in [0, 0.05) is 6.20 Å². The van der Waals surface area contributed by atoms with Gasteiger partial charge in [0.15, 0.2) is 0 Å². The van der Waals surface area contributed by atoms with Crippen LogP contribution in [0.2, 0.25) is 0 Å². The lowest BCUT2D eigenvalue weighted by atomic mass is 10.5. The normalized spacial score (nSPS) is 10.3. The number of rotatable bonds is 1. The number of ether oxygens (including phenoxy) is 1. The minimum absolute atomic E-state index is 0.109. The Labute approximate surface area is 71.1 Å². The highest BCUT2D eigenvalue weighted by Crippen LogP contribution is 1.96. The fourth-order valence-corrected chi connectivity index (χ4v) is 0.772. The van der Waals surface area contributed by atoms with E-state index >= 15 is 0 Å². The molecule has 0 N–H and O–H groups in total. The Hall–Kier alpha value is -1.32. The van der Waals surface area contributed by atoms with Crippen LogP contribution in [0.4, 0.5) is 4.79 Å². The minimum Gasteiger partial charge on any atom is -0.445 e. The Kier molecular flexibility index (Phi) is 2.47. The average Bonchev–Trinajstić information content (AvgIpc) is 2.34. The van der Waals surface area contributed by atoms with Crippen molar-refractivity contribution < 1.29 is 9.53 Å². The fraction of sp³-hybridized carbons (Fsp3) is 0.500. The highest BCUT2D eigenvalue weighted by Gasteiger charge is 2.07. The maximum absolute atomic E-state index is 11.1. The molecular weight excluding hydrogens is 156 g/mol. The lowest BCUT2D eigenvalue weighted by Crippen LogP contribution is -2.18. The van der Waals surface area contributed by atoms with E-state index < -0.39 is 6.09 Å². The van der Waals surface area contributed by atoms with E-state index in [1.54, 1.807) is 26.1 Å². The standard InChI is InChI=1S/C8H12N2O2/c1-6(2)12-8(11)10-5-4-7(3)9-10/h4-6H,1-3H3. The number of nitrogens with zero attached hydrogens (tertiary/aromatic N) is 2. The van der Waals surface area contributed by atoms with Gasteiger partial charge in [-0.1, -0.05) is 0 Å². The first kappa shape index (κ1) is 8.77. The van der Waals surface area contributed by atoms with Crippen molar-refractivity contribution in [3.8, 4) is 0 Å². The summed E-state index contributed by atoms with van der Waals surface area (Å²) in [5, 5.41) is 3.91. The van der Waals surface area contributed by atoms with Crippen LogP contribution in [0.5, 0.6) is 0 Å². The molecule has 0 aliphatic carbocycles. The summed E-state index contributed by atoms with van der Waals surface area (Å²) in [5.74, 6) is 0. The second-order valence-corrected chi connectivity index (χ2v) is 2.83. The smallest absolute Gasteiger partial charge is 0.434 e. The summed E-state index contributed by atoms with van der Waals surface area (Å²) in [4.78, 5) is 11.1. The molecule has 0 saturated heterocycles. The third-order valence-corrected chi connectivity index (χ3v) is 1.25. The lowest BCUT2D eigenvalue weighted by Gasteiger charge is -2.06. The van der Waals surface area contributed by atoms with Gasteiger partial charge in [-0.2, -0.15) is 9.78 Å². The highest BCUT2D eigenvalue weighted by molar-refractivity contribution is 5.69. The third-order valence-electron chi connectivity index (χ3n) is 1.25. The molecule has 1 heterocycles. The van der Waals surface area contributed by atoms with Crippen LogP contribution in [0.1, 0.15) is 19.5 Å². The van der Waals surface area contributed by atoms with Gasteiger partial charge in [0.1, 0.15) is 0 Å². The fourth-order valence-electron chi connectivity index (χ4n) is 0.772. The van der Waals surface area contributed by atoms with Crippen molar-refractivity contribution in [2.75, 3.05) is 0 Å². The topological polar surface area (TPSA) is 44.1 Å². The van der Waals surface area contributed by atoms with Crippen molar-refractivity contribution >= 4 is 6.09 Å². The monoisotopic (exact) mass is 168 g/mol. The van der Waals surface area contributed by atoms with E-state index in [0.717, 1.165) is 5.69 Å². The van der Waals surface area contributed by atoms with E-state index in [1.807, 2.05) is 6.92 Å². The van der Waals surface area contributed by atoms with Crippen molar-refractivity contribution in [1.29, 1.82) is 0 Å². The Balaban J connectivity index is 2.65. The summed E-state index contributed by atoms with van der Waals surface area (Å²) >= 11 is 0. The number of hydrogen-bond acceptors (Lipinski definition) is 3. The van der Waals surface area contributed by atoms with Gasteiger partial charge in [-0.05, 0) is 26.8 Å². The molecule has 1 aromatic rings. The van der Waals surface area contributed by atoms with Crippen molar-refractivity contribution in [2.45, 2.75) is 26.9 Å². The molecule has 0 atom stereocenters. The molecule has 0 spiro atoms. The van der Waals surface area contributed by atoms with Gasteiger partial charge in [0.05, 0.1) is 11.8 Å². The zero-order valence-electron chi connectivity index (χ0n) is 7.44. The molecule has 0 radical (unpaired) electrons. The van der Waals surface area contributed by atoms with Gasteiger partial charge >= 0.3 is 6.09 Å². The largest absolute Gasteiger partial charge is 0.445 e. The number of carbonyl (C=O) groups is 1. The van der Waals surface area contributed by atoms with Crippen LogP contribution in [0, 0.1) is 6.92 Å². The molecule has 4 nitrogen and oxygen atoms in total. The van der Waals surface area contributed by atoms with Crippen molar-refractivity contribution in [3.05, 3.63) is 18.0 Å². The van der Waals surface area contributed by atoms with Crippen LogP contribution in [0.25, 0.3) is 0 Å². The van der Waals surface area contributed by atoms with Crippen LogP contribution < -0.4 is 0 Å². The maximum atomic E-state index is 11.1. The summed E-state index contributed by atoms with van der Waals surface area (Å²) in [6.45, 7) is 5.42. The molecule has 0 bridgehead atoms. The summed E-state index contributed by atoms with van der Waals surface area (Å²) in [7, 11) is 0. The van der Waals surface area contributed by atoms with Crippen LogP contribution in [0.3, 0.4) is 0 Å². The number of aryl methyl sites for hydroxylation is 1. The van der Waals surface area contributed by atoms with E-state index in [4.69, 9.17) is 4.74 Å². The van der Waals surface area contributed by atoms with Gasteiger partial charge in [-0.25, -0.2) is 4.79 Å². The number of carbonyl (C=O) groups excluding carboxylic acids is 1. The average molecular weight is 168 g/mol. The predicted octanol–water partition coefficient (Wildman–Crippen LogP) is 1.58. The summed E-state index contributed by atoms with van der Waals surface area (Å²) in [5.41, 5.74) is 0.802. The van der Waals surface area contributed by atoms with Crippen LogP contribution >= 0.6 is 0 Å². The lowest BCUT2D eigenvalue weighted by molar-refractivity contribution is 0.114. The minimum atomic E-state index is -0.432. The van der Waals surface area contributed by atoms with Gasteiger partial charge in [-0.3, -0.25) is 0 Å². The van der Waals surface area contributed by atoms with Crippen molar-refractivity contribution in [3.63, 3.8) is 0 Å². The Morgan fingerprint density at radius 3 is 2.75 bits per heavy atom. The highest BCUT2D eigenvalue weighted by atomic mass is 16.6. The molecule has 1 rings (SSSR count). The van der Waals surface area contributed by atoms with Gasteiger partial charge in [-0.15, -0.1) is 0 Å². The summed E-state index contributed by atoms with van der Waals surface area (Å²) < 4.78 is 6.10. The molecule has 0 fully saturated rings. The second-order valence-electron chi connectivity index (χ2n) is 2.83. The molecule has 0 saturated carbocycles. The molecule has 12 heavy (non-hydrogen) atoms. The van der Waals surface area contributed by atoms with E-state index in [1.165, 1.54) is 4.68 Å². The first-order valence-corrected chi connectivity index (χ1v) is 3.83. The van der Waals surface area contributed by atoms with E-state index in [-0.39, 0.29) is 6.10 Å². The van der Waals surface area contributed by atoms with Gasteiger partial charge in [0.25, 0.3) is 0 Å². The third kappa shape index (κ3) is 2.08. The van der Waals surface area contributed by atoms with Crippen LogP contribution in [-0.2, 0) is 4.74 Å². The first-order valence-electron chi connectivity index (χ1n) is 3.83. The second kappa shape index (κ2) is 3.38. The van der Waals surface area contributed by atoms with E-state index in [9.17, 15) is 4.79 Å². The van der Waals surface area contributed by atoms with Crippen LogP contribution in [-0.4, -0.2) is 22.0 Å². The van der Waals surface area contributed by atoms with Gasteiger partial charge < -0.3 is 4.74 Å². The summed E-state index contributed by atoms with van der Waals surface area (Å²) in [6, 6.07) is 1.75. The number of aromatic nitrogens is 2. The van der Waals surface area contributed by atoms with Crippen LogP contribution in [0.15, 0.2) is 12.3 Å². The molecule has 0 aromatic carbocycles. The SMILES string of the molecule is Cc1ccn(C(=O)OC(C)C)n1. The quantitative estimate of drug-likeness (QED) is 0.639. The van der Waals surface area contributed by atoms with Gasteiger partial charge in [0.2, 0.25) is 0 Å². The van der Waals surface area contributed by atoms with Crippen molar-refractivity contribution in [1.82, 2.24) is 9.78 Å².